The third-order valence-electron chi connectivity index (χ3n) is 6.55. The quantitative estimate of drug-likeness (QED) is 0.683. The molecule has 0 radical (unpaired) electrons. The molecular weight excluding hydrogens is 426 g/mol. The summed E-state index contributed by atoms with van der Waals surface area (Å²) in [6, 6.07) is 12.0. The Morgan fingerprint density at radius 3 is 2.25 bits per heavy atom. The highest BCUT2D eigenvalue weighted by Gasteiger charge is 2.27. The van der Waals surface area contributed by atoms with E-state index >= 15 is 0 Å². The van der Waals surface area contributed by atoms with Crippen LogP contribution < -0.4 is 9.62 Å². The van der Waals surface area contributed by atoms with Gasteiger partial charge in [0.05, 0.1) is 16.1 Å². The summed E-state index contributed by atoms with van der Waals surface area (Å²) in [6.45, 7) is 5.98. The van der Waals surface area contributed by atoms with Gasteiger partial charge in [-0.3, -0.25) is 4.72 Å². The van der Waals surface area contributed by atoms with Crippen molar-refractivity contribution in [2.24, 2.45) is 0 Å². The third kappa shape index (κ3) is 5.07. The van der Waals surface area contributed by atoms with Gasteiger partial charge in [0.2, 0.25) is 0 Å². The summed E-state index contributed by atoms with van der Waals surface area (Å²) in [4.78, 5) is 16.8. The Hall–Kier alpha value is -2.58. The number of sulfonamides is 1. The number of nitrogens with one attached hydrogen (secondary N) is 1. The average Bonchev–Trinajstić information content (AvgIpc) is 2.80. The largest absolute Gasteiger partial charge is 0.478 e. The van der Waals surface area contributed by atoms with E-state index in [1.54, 1.807) is 30.3 Å². The summed E-state index contributed by atoms with van der Waals surface area (Å²) in [5, 5.41) is 9.74. The van der Waals surface area contributed by atoms with E-state index in [-0.39, 0.29) is 16.1 Å². The number of anilines is 2. The van der Waals surface area contributed by atoms with Crippen LogP contribution in [-0.2, 0) is 10.0 Å². The molecule has 2 aromatic carbocycles. The standard InChI is InChI=1S/C24H31N3O4S/c1-18-5-8-21(9-6-18)32(30,31)25-23-10-7-20(17-22(23)24(28)29)27-15-11-19(12-16-27)26-13-3-2-4-14-26/h5-10,17,19,25H,2-4,11-16H2,1H3,(H,28,29). The van der Waals surface area contributed by atoms with E-state index in [4.69, 9.17) is 0 Å². The second-order valence-corrected chi connectivity index (χ2v) is 10.5. The van der Waals surface area contributed by atoms with Gasteiger partial charge in [0.15, 0.2) is 0 Å². The Bertz CT molecular complexity index is 1060. The van der Waals surface area contributed by atoms with Gasteiger partial charge >= 0.3 is 5.97 Å². The van der Waals surface area contributed by atoms with E-state index in [2.05, 4.69) is 14.5 Å². The van der Waals surface area contributed by atoms with Gasteiger partial charge in [-0.05, 0) is 76.0 Å². The minimum Gasteiger partial charge on any atom is -0.478 e. The number of benzene rings is 2. The highest BCUT2D eigenvalue weighted by Crippen LogP contribution is 2.29. The number of nitrogens with zero attached hydrogens (tertiary/aromatic N) is 2. The van der Waals surface area contributed by atoms with Gasteiger partial charge in [0.1, 0.15) is 0 Å². The van der Waals surface area contributed by atoms with E-state index in [1.807, 2.05) is 6.92 Å². The summed E-state index contributed by atoms with van der Waals surface area (Å²) >= 11 is 0. The number of hydrogen-bond acceptors (Lipinski definition) is 5. The van der Waals surface area contributed by atoms with Gasteiger partial charge in [-0.15, -0.1) is 0 Å². The maximum atomic E-state index is 12.7. The molecule has 2 aliphatic rings. The van der Waals surface area contributed by atoms with Crippen LogP contribution in [0.15, 0.2) is 47.4 Å². The lowest BCUT2D eigenvalue weighted by atomic mass is 9.99. The zero-order chi connectivity index (χ0) is 22.7. The van der Waals surface area contributed by atoms with Crippen LogP contribution in [0.5, 0.6) is 0 Å². The number of hydrogen-bond donors (Lipinski definition) is 2. The first-order chi connectivity index (χ1) is 15.3. The van der Waals surface area contributed by atoms with E-state index in [9.17, 15) is 18.3 Å². The van der Waals surface area contributed by atoms with E-state index < -0.39 is 16.0 Å². The maximum Gasteiger partial charge on any atom is 0.337 e. The molecule has 2 saturated heterocycles. The van der Waals surface area contributed by atoms with Crippen molar-refractivity contribution in [3.05, 3.63) is 53.6 Å². The SMILES string of the molecule is Cc1ccc(S(=O)(=O)Nc2ccc(N3CCC(N4CCCCC4)CC3)cc2C(=O)O)cc1. The molecule has 172 valence electrons. The first-order valence-electron chi connectivity index (χ1n) is 11.3. The predicted octanol–water partition coefficient (Wildman–Crippen LogP) is 3.95. The van der Waals surface area contributed by atoms with Crippen LogP contribution in [0.4, 0.5) is 11.4 Å². The Kier molecular flexibility index (Phi) is 6.71. The Morgan fingerprint density at radius 2 is 1.62 bits per heavy atom. The number of rotatable bonds is 6. The third-order valence-corrected chi connectivity index (χ3v) is 7.93. The monoisotopic (exact) mass is 457 g/mol. The molecule has 2 heterocycles. The van der Waals surface area contributed by atoms with Crippen molar-refractivity contribution in [1.82, 2.24) is 4.90 Å². The second-order valence-electron chi connectivity index (χ2n) is 8.77. The molecule has 2 fully saturated rings. The lowest BCUT2D eigenvalue weighted by molar-refractivity contribution is 0.0698. The molecule has 2 N–H and O–H groups in total. The van der Waals surface area contributed by atoms with Gasteiger partial charge in [-0.2, -0.15) is 0 Å². The predicted molar refractivity (Wildman–Crippen MR) is 126 cm³/mol. The minimum atomic E-state index is -3.88. The van der Waals surface area contributed by atoms with Gasteiger partial charge in [0.25, 0.3) is 10.0 Å². The first-order valence-corrected chi connectivity index (χ1v) is 12.8. The van der Waals surface area contributed by atoms with Crippen LogP contribution >= 0.6 is 0 Å². The molecule has 2 aromatic rings. The summed E-state index contributed by atoms with van der Waals surface area (Å²) in [5.74, 6) is -1.16. The van der Waals surface area contributed by atoms with Crippen LogP contribution in [0.25, 0.3) is 0 Å². The van der Waals surface area contributed by atoms with Crippen LogP contribution in [0.3, 0.4) is 0 Å². The fourth-order valence-electron chi connectivity index (χ4n) is 4.69. The van der Waals surface area contributed by atoms with Crippen molar-refractivity contribution >= 4 is 27.4 Å². The Balaban J connectivity index is 1.48. The van der Waals surface area contributed by atoms with Crippen molar-refractivity contribution in [2.45, 2.75) is 50.0 Å². The lowest BCUT2D eigenvalue weighted by Gasteiger charge is -2.41. The molecule has 0 atom stereocenters. The highest BCUT2D eigenvalue weighted by atomic mass is 32.2. The fraction of sp³-hybridized carbons (Fsp3) is 0.458. The van der Waals surface area contributed by atoms with Gasteiger partial charge in [0, 0.05) is 24.8 Å². The van der Waals surface area contributed by atoms with Gasteiger partial charge in [-0.25, -0.2) is 13.2 Å². The van der Waals surface area contributed by atoms with Crippen LogP contribution in [0.1, 0.15) is 48.0 Å². The molecule has 8 heteroatoms. The molecule has 0 saturated carbocycles. The van der Waals surface area contributed by atoms with Crippen LogP contribution in [0.2, 0.25) is 0 Å². The van der Waals surface area contributed by atoms with Crippen molar-refractivity contribution in [3.63, 3.8) is 0 Å². The fourth-order valence-corrected chi connectivity index (χ4v) is 5.77. The average molecular weight is 458 g/mol. The van der Waals surface area contributed by atoms with Crippen molar-refractivity contribution < 1.29 is 18.3 Å². The molecule has 4 rings (SSSR count). The number of aryl methyl sites for hydroxylation is 1. The van der Waals surface area contributed by atoms with Crippen LogP contribution in [-0.4, -0.2) is 56.6 Å². The van der Waals surface area contributed by atoms with Gasteiger partial charge < -0.3 is 14.9 Å². The molecule has 0 bridgehead atoms. The zero-order valence-electron chi connectivity index (χ0n) is 18.5. The zero-order valence-corrected chi connectivity index (χ0v) is 19.3. The topological polar surface area (TPSA) is 90.0 Å². The van der Waals surface area contributed by atoms with Crippen molar-refractivity contribution in [1.29, 1.82) is 0 Å². The normalized spacial score (nSPS) is 18.5. The summed E-state index contributed by atoms with van der Waals surface area (Å²) in [6.07, 6.45) is 6.01. The second kappa shape index (κ2) is 9.50. The summed E-state index contributed by atoms with van der Waals surface area (Å²) in [7, 11) is -3.88. The molecule has 0 aromatic heterocycles. The number of carboxylic acids is 1. The Morgan fingerprint density at radius 1 is 0.969 bits per heavy atom. The van der Waals surface area contributed by atoms with Gasteiger partial charge in [-0.1, -0.05) is 24.1 Å². The van der Waals surface area contributed by atoms with Crippen molar-refractivity contribution in [3.8, 4) is 0 Å². The Labute approximate surface area is 190 Å². The molecule has 2 aliphatic heterocycles. The van der Waals surface area contributed by atoms with Crippen LogP contribution in [0, 0.1) is 6.92 Å². The van der Waals surface area contributed by atoms with E-state index in [0.29, 0.717) is 6.04 Å². The van der Waals surface area contributed by atoms with E-state index in [1.165, 1.54) is 44.5 Å². The molecular formula is C24H31N3O4S. The molecule has 7 nitrogen and oxygen atoms in total. The number of aromatic carboxylic acids is 1. The lowest BCUT2D eigenvalue weighted by Crippen LogP contribution is -2.46. The molecule has 0 amide bonds. The minimum absolute atomic E-state index is 0.0451. The number of likely N-dealkylation sites (tertiary alicyclic amines) is 1. The summed E-state index contributed by atoms with van der Waals surface area (Å²) < 4.78 is 27.9. The smallest absolute Gasteiger partial charge is 0.337 e. The highest BCUT2D eigenvalue weighted by molar-refractivity contribution is 7.92. The number of carbonyl (C=O) groups is 1. The molecule has 32 heavy (non-hydrogen) atoms. The number of piperidine rings is 2. The first kappa shape index (κ1) is 22.6. The molecule has 0 aliphatic carbocycles. The molecule has 0 unspecified atom stereocenters. The summed E-state index contributed by atoms with van der Waals surface area (Å²) in [5.41, 5.74) is 1.79. The molecule has 0 spiro atoms. The number of carboxylic acid groups (broad SMARTS) is 1. The van der Waals surface area contributed by atoms with Crippen molar-refractivity contribution in [2.75, 3.05) is 35.8 Å². The maximum absolute atomic E-state index is 12.7. The van der Waals surface area contributed by atoms with E-state index in [0.717, 1.165) is 37.2 Å².